The molecule has 0 radical (unpaired) electrons. The Labute approximate surface area is 167 Å². The number of rotatable bonds is 7. The average molecular weight is 411 g/mol. The highest BCUT2D eigenvalue weighted by Gasteiger charge is 2.40. The molecule has 0 spiro atoms. The maximum absolute atomic E-state index is 14.0. The first-order valence-electron chi connectivity index (χ1n) is 10.2. The van der Waals surface area contributed by atoms with Gasteiger partial charge in [-0.1, -0.05) is 25.1 Å². The van der Waals surface area contributed by atoms with Crippen molar-refractivity contribution in [2.75, 3.05) is 25.4 Å². The number of aliphatic imine (C=N–C) groups is 1. The zero-order chi connectivity index (χ0) is 20.1. The van der Waals surface area contributed by atoms with Crippen molar-refractivity contribution >= 4 is 16.0 Å². The van der Waals surface area contributed by atoms with Crippen LogP contribution in [0, 0.1) is 5.82 Å². The fourth-order valence-electron chi connectivity index (χ4n) is 3.80. The average Bonchev–Trinajstić information content (AvgIpc) is 3.41. The molecular formula is C20H31FN4O2S. The van der Waals surface area contributed by atoms with Crippen LogP contribution in [0.15, 0.2) is 29.3 Å². The normalized spacial score (nSPS) is 24.2. The first-order valence-corrected chi connectivity index (χ1v) is 11.8. The Kier molecular flexibility index (Phi) is 6.93. The summed E-state index contributed by atoms with van der Waals surface area (Å²) in [5.74, 6) is 0.973. The van der Waals surface area contributed by atoms with E-state index in [9.17, 15) is 12.8 Å². The third-order valence-electron chi connectivity index (χ3n) is 5.38. The monoisotopic (exact) mass is 410 g/mol. The number of piperidine rings is 1. The number of sulfonamides is 1. The fraction of sp³-hybridized carbons (Fsp3) is 0.650. The molecule has 1 saturated carbocycles. The van der Waals surface area contributed by atoms with E-state index in [-0.39, 0.29) is 29.6 Å². The number of benzene rings is 1. The molecule has 1 aromatic carbocycles. The minimum atomic E-state index is -3.12. The molecule has 2 aliphatic rings. The Hall–Kier alpha value is -1.67. The van der Waals surface area contributed by atoms with Crippen molar-refractivity contribution in [2.24, 2.45) is 4.99 Å². The number of hydrogen-bond donors (Lipinski definition) is 2. The van der Waals surface area contributed by atoms with Gasteiger partial charge in [0.1, 0.15) is 5.82 Å². The predicted octanol–water partition coefficient (Wildman–Crippen LogP) is 2.44. The van der Waals surface area contributed by atoms with Crippen LogP contribution in [0.1, 0.15) is 51.0 Å². The molecule has 1 heterocycles. The molecule has 156 valence electrons. The summed E-state index contributed by atoms with van der Waals surface area (Å²) in [5, 5.41) is 6.86. The molecule has 3 rings (SSSR count). The van der Waals surface area contributed by atoms with Crippen LogP contribution >= 0.6 is 0 Å². The van der Waals surface area contributed by atoms with E-state index in [4.69, 9.17) is 0 Å². The molecule has 1 aliphatic heterocycles. The summed E-state index contributed by atoms with van der Waals surface area (Å²) in [4.78, 5) is 4.51. The molecule has 2 N–H and O–H groups in total. The fourth-order valence-corrected chi connectivity index (χ4v) is 5.34. The van der Waals surface area contributed by atoms with Gasteiger partial charge >= 0.3 is 0 Å². The molecule has 0 aromatic heterocycles. The van der Waals surface area contributed by atoms with Gasteiger partial charge in [-0.25, -0.2) is 17.1 Å². The highest BCUT2D eigenvalue weighted by Crippen LogP contribution is 2.41. The van der Waals surface area contributed by atoms with Crippen LogP contribution in [0.5, 0.6) is 0 Å². The van der Waals surface area contributed by atoms with Crippen LogP contribution in [-0.2, 0) is 10.0 Å². The molecule has 1 aromatic rings. The molecule has 0 amide bonds. The summed E-state index contributed by atoms with van der Waals surface area (Å²) < 4.78 is 40.0. The van der Waals surface area contributed by atoms with Crippen LogP contribution in [0.2, 0.25) is 0 Å². The van der Waals surface area contributed by atoms with Crippen molar-refractivity contribution in [3.05, 3.63) is 35.6 Å². The van der Waals surface area contributed by atoms with Crippen molar-refractivity contribution in [1.29, 1.82) is 0 Å². The molecule has 6 nitrogen and oxygen atoms in total. The smallest absolute Gasteiger partial charge is 0.214 e. The lowest BCUT2D eigenvalue weighted by molar-refractivity contribution is 0.306. The van der Waals surface area contributed by atoms with Crippen LogP contribution in [0.4, 0.5) is 4.39 Å². The molecule has 2 unspecified atom stereocenters. The summed E-state index contributed by atoms with van der Waals surface area (Å²) in [6, 6.07) is 7.30. The second kappa shape index (κ2) is 9.22. The van der Waals surface area contributed by atoms with Gasteiger partial charge in [0.2, 0.25) is 10.0 Å². The van der Waals surface area contributed by atoms with E-state index in [1.165, 1.54) is 6.07 Å². The van der Waals surface area contributed by atoms with Crippen molar-refractivity contribution in [1.82, 2.24) is 14.9 Å². The topological polar surface area (TPSA) is 73.8 Å². The van der Waals surface area contributed by atoms with Crippen molar-refractivity contribution in [3.8, 4) is 0 Å². The van der Waals surface area contributed by atoms with Gasteiger partial charge in [-0.3, -0.25) is 4.99 Å². The summed E-state index contributed by atoms with van der Waals surface area (Å²) >= 11 is 0. The van der Waals surface area contributed by atoms with Gasteiger partial charge in [0.25, 0.3) is 0 Å². The van der Waals surface area contributed by atoms with Gasteiger partial charge in [-0.15, -0.1) is 0 Å². The summed E-state index contributed by atoms with van der Waals surface area (Å²) in [7, 11) is -3.12. The van der Waals surface area contributed by atoms with E-state index < -0.39 is 10.0 Å². The standard InChI is InChI=1S/C20H31FN4O2S/c1-3-13-28(26,27)25-11-9-15(10-12-25)23-20(22-4-2)24-19-14-17(19)16-7-5-6-8-18(16)21/h5-8,15,17,19H,3-4,9-14H2,1-2H3,(H2,22,23,24). The molecule has 28 heavy (non-hydrogen) atoms. The SMILES string of the molecule is CCCS(=O)(=O)N1CCC(NC(=NCC)NC2CC2c2ccccc2F)CC1. The lowest BCUT2D eigenvalue weighted by Crippen LogP contribution is -2.50. The number of nitrogens with zero attached hydrogens (tertiary/aromatic N) is 2. The number of halogens is 1. The molecule has 8 heteroatoms. The third kappa shape index (κ3) is 5.23. The second-order valence-corrected chi connectivity index (χ2v) is 9.66. The molecular weight excluding hydrogens is 379 g/mol. The van der Waals surface area contributed by atoms with Gasteiger partial charge < -0.3 is 10.6 Å². The minimum Gasteiger partial charge on any atom is -0.354 e. The Morgan fingerprint density at radius 1 is 1.21 bits per heavy atom. The third-order valence-corrected chi connectivity index (χ3v) is 7.46. The summed E-state index contributed by atoms with van der Waals surface area (Å²) in [6.45, 7) is 5.60. The van der Waals surface area contributed by atoms with Crippen molar-refractivity contribution < 1.29 is 12.8 Å². The molecule has 2 atom stereocenters. The van der Waals surface area contributed by atoms with E-state index in [0.29, 0.717) is 26.1 Å². The first kappa shape index (κ1) is 21.0. The van der Waals surface area contributed by atoms with E-state index >= 15 is 0 Å². The largest absolute Gasteiger partial charge is 0.354 e. The zero-order valence-electron chi connectivity index (χ0n) is 16.7. The van der Waals surface area contributed by atoms with Crippen molar-refractivity contribution in [2.45, 2.75) is 57.5 Å². The van der Waals surface area contributed by atoms with Crippen LogP contribution in [-0.4, -0.2) is 56.2 Å². The van der Waals surface area contributed by atoms with E-state index in [1.54, 1.807) is 10.4 Å². The lowest BCUT2D eigenvalue weighted by Gasteiger charge is -2.32. The van der Waals surface area contributed by atoms with Gasteiger partial charge in [-0.05, 0) is 44.2 Å². The number of nitrogens with one attached hydrogen (secondary N) is 2. The maximum Gasteiger partial charge on any atom is 0.214 e. The quantitative estimate of drug-likeness (QED) is 0.535. The highest BCUT2D eigenvalue weighted by atomic mass is 32.2. The molecule has 1 saturated heterocycles. The minimum absolute atomic E-state index is 0.153. The van der Waals surface area contributed by atoms with Gasteiger partial charge in [0.05, 0.1) is 5.75 Å². The number of guanidine groups is 1. The summed E-state index contributed by atoms with van der Waals surface area (Å²) in [6.07, 6.45) is 3.05. The van der Waals surface area contributed by atoms with E-state index in [1.807, 2.05) is 26.0 Å². The molecule has 0 bridgehead atoms. The highest BCUT2D eigenvalue weighted by molar-refractivity contribution is 7.89. The predicted molar refractivity (Wildman–Crippen MR) is 110 cm³/mol. The van der Waals surface area contributed by atoms with Gasteiger partial charge in [0.15, 0.2) is 5.96 Å². The Morgan fingerprint density at radius 2 is 1.93 bits per heavy atom. The Bertz CT molecular complexity index is 791. The van der Waals surface area contributed by atoms with Crippen LogP contribution < -0.4 is 10.6 Å². The van der Waals surface area contributed by atoms with Gasteiger partial charge in [0, 0.05) is 37.6 Å². The molecule has 2 fully saturated rings. The number of hydrogen-bond acceptors (Lipinski definition) is 3. The Morgan fingerprint density at radius 3 is 2.57 bits per heavy atom. The van der Waals surface area contributed by atoms with Crippen molar-refractivity contribution in [3.63, 3.8) is 0 Å². The van der Waals surface area contributed by atoms with Crippen LogP contribution in [0.25, 0.3) is 0 Å². The van der Waals surface area contributed by atoms with E-state index in [0.717, 1.165) is 30.8 Å². The Balaban J connectivity index is 1.52. The van der Waals surface area contributed by atoms with Crippen LogP contribution in [0.3, 0.4) is 0 Å². The first-order chi connectivity index (χ1) is 13.4. The maximum atomic E-state index is 14.0. The lowest BCUT2D eigenvalue weighted by atomic mass is 10.1. The van der Waals surface area contributed by atoms with Gasteiger partial charge in [-0.2, -0.15) is 0 Å². The van der Waals surface area contributed by atoms with E-state index in [2.05, 4.69) is 15.6 Å². The zero-order valence-corrected chi connectivity index (χ0v) is 17.5. The second-order valence-electron chi connectivity index (χ2n) is 7.57. The molecule has 1 aliphatic carbocycles. The summed E-state index contributed by atoms with van der Waals surface area (Å²) in [5.41, 5.74) is 0.755.